The molecule has 0 saturated heterocycles. The summed E-state index contributed by atoms with van der Waals surface area (Å²) >= 11 is 4.80. The van der Waals surface area contributed by atoms with E-state index < -0.39 is 0 Å². The average molecular weight is 445 g/mol. The van der Waals surface area contributed by atoms with Crippen LogP contribution in [0.1, 0.15) is 25.3 Å². The lowest BCUT2D eigenvalue weighted by Gasteiger charge is -2.08. The number of thioether (sulfide) groups is 1. The molecule has 0 spiro atoms. The molecule has 3 rings (SSSR count). The summed E-state index contributed by atoms with van der Waals surface area (Å²) in [6, 6.07) is 15.9. The van der Waals surface area contributed by atoms with Crippen LogP contribution in [-0.2, 0) is 11.8 Å². The van der Waals surface area contributed by atoms with Gasteiger partial charge in [-0.05, 0) is 35.7 Å². The Labute approximate surface area is 171 Å². The lowest BCUT2D eigenvalue weighted by atomic mass is 10.0. The molecular formula is C20H21BrN4OS. The van der Waals surface area contributed by atoms with Crippen molar-refractivity contribution < 1.29 is 4.79 Å². The van der Waals surface area contributed by atoms with Gasteiger partial charge in [0.2, 0.25) is 5.91 Å². The molecule has 3 aromatic rings. The van der Waals surface area contributed by atoms with Crippen LogP contribution in [0, 0.1) is 0 Å². The molecule has 27 heavy (non-hydrogen) atoms. The van der Waals surface area contributed by atoms with Gasteiger partial charge in [0, 0.05) is 22.8 Å². The number of benzene rings is 2. The fraction of sp³-hybridized carbons (Fsp3) is 0.250. The van der Waals surface area contributed by atoms with E-state index >= 15 is 0 Å². The van der Waals surface area contributed by atoms with E-state index in [4.69, 9.17) is 0 Å². The van der Waals surface area contributed by atoms with E-state index in [1.54, 1.807) is 0 Å². The van der Waals surface area contributed by atoms with Crippen LogP contribution in [0.4, 0.5) is 5.69 Å². The van der Waals surface area contributed by atoms with E-state index in [1.807, 2.05) is 60.1 Å². The van der Waals surface area contributed by atoms with Gasteiger partial charge in [0.25, 0.3) is 0 Å². The number of halogens is 1. The van der Waals surface area contributed by atoms with Crippen LogP contribution in [0.2, 0.25) is 0 Å². The highest BCUT2D eigenvalue weighted by atomic mass is 79.9. The zero-order valence-electron chi connectivity index (χ0n) is 15.4. The number of nitrogens with one attached hydrogen (secondary N) is 1. The van der Waals surface area contributed by atoms with Crippen molar-refractivity contribution in [3.63, 3.8) is 0 Å². The maximum atomic E-state index is 12.2. The molecule has 140 valence electrons. The Kier molecular flexibility index (Phi) is 6.34. The lowest BCUT2D eigenvalue weighted by molar-refractivity contribution is -0.113. The highest BCUT2D eigenvalue weighted by Gasteiger charge is 2.13. The summed E-state index contributed by atoms with van der Waals surface area (Å²) in [5.41, 5.74) is 3.04. The van der Waals surface area contributed by atoms with Gasteiger partial charge >= 0.3 is 0 Å². The molecule has 1 N–H and O–H groups in total. The van der Waals surface area contributed by atoms with Crippen molar-refractivity contribution in [3.8, 4) is 11.4 Å². The Balaban J connectivity index is 1.60. The van der Waals surface area contributed by atoms with Gasteiger partial charge in [-0.2, -0.15) is 0 Å². The quantitative estimate of drug-likeness (QED) is 0.537. The van der Waals surface area contributed by atoms with Gasteiger partial charge in [-0.3, -0.25) is 4.79 Å². The van der Waals surface area contributed by atoms with Crippen LogP contribution < -0.4 is 5.32 Å². The second-order valence-corrected chi connectivity index (χ2v) is 8.34. The van der Waals surface area contributed by atoms with E-state index in [0.717, 1.165) is 21.5 Å². The summed E-state index contributed by atoms with van der Waals surface area (Å²) in [6.07, 6.45) is 0. The first-order valence-corrected chi connectivity index (χ1v) is 10.4. The Morgan fingerprint density at radius 2 is 1.78 bits per heavy atom. The minimum atomic E-state index is -0.0644. The minimum absolute atomic E-state index is 0.0644. The standard InChI is InChI=1S/C20H21BrN4OS/c1-13(2)14-6-10-17(11-7-14)22-18(26)12-27-20-24-23-19(25(20)3)15-4-8-16(21)9-5-15/h4-11,13H,12H2,1-3H3,(H,22,26). The van der Waals surface area contributed by atoms with Crippen LogP contribution in [0.5, 0.6) is 0 Å². The molecule has 0 aliphatic rings. The molecular weight excluding hydrogens is 424 g/mol. The number of anilines is 1. The molecule has 0 aliphatic heterocycles. The van der Waals surface area contributed by atoms with E-state index in [2.05, 4.69) is 45.3 Å². The van der Waals surface area contributed by atoms with Gasteiger partial charge in [-0.1, -0.05) is 65.8 Å². The van der Waals surface area contributed by atoms with Crippen molar-refractivity contribution in [2.45, 2.75) is 24.9 Å². The fourth-order valence-electron chi connectivity index (χ4n) is 2.57. The van der Waals surface area contributed by atoms with Crippen LogP contribution in [-0.4, -0.2) is 26.4 Å². The zero-order chi connectivity index (χ0) is 19.4. The van der Waals surface area contributed by atoms with Gasteiger partial charge in [0.1, 0.15) is 0 Å². The van der Waals surface area contributed by atoms with Gasteiger partial charge < -0.3 is 9.88 Å². The second-order valence-electron chi connectivity index (χ2n) is 6.49. The second kappa shape index (κ2) is 8.71. The number of carbonyl (C=O) groups is 1. The molecule has 5 nitrogen and oxygen atoms in total. The van der Waals surface area contributed by atoms with Crippen molar-refractivity contribution in [2.24, 2.45) is 7.05 Å². The Morgan fingerprint density at radius 1 is 1.11 bits per heavy atom. The Hall–Kier alpha value is -2.12. The first-order valence-electron chi connectivity index (χ1n) is 8.62. The third kappa shape index (κ3) is 4.99. The Morgan fingerprint density at radius 3 is 2.41 bits per heavy atom. The monoisotopic (exact) mass is 444 g/mol. The van der Waals surface area contributed by atoms with Crippen molar-refractivity contribution in [1.82, 2.24) is 14.8 Å². The molecule has 0 fully saturated rings. The smallest absolute Gasteiger partial charge is 0.234 e. The predicted molar refractivity (Wildman–Crippen MR) is 114 cm³/mol. The molecule has 0 unspecified atom stereocenters. The molecule has 1 aromatic heterocycles. The normalized spacial score (nSPS) is 11.0. The lowest BCUT2D eigenvalue weighted by Crippen LogP contribution is -2.14. The molecule has 0 radical (unpaired) electrons. The maximum Gasteiger partial charge on any atom is 0.234 e. The number of hydrogen-bond donors (Lipinski definition) is 1. The van der Waals surface area contributed by atoms with Crippen LogP contribution in [0.15, 0.2) is 58.2 Å². The van der Waals surface area contributed by atoms with Gasteiger partial charge in [0.05, 0.1) is 5.75 Å². The Bertz CT molecular complexity index is 920. The predicted octanol–water partition coefficient (Wildman–Crippen LogP) is 5.10. The summed E-state index contributed by atoms with van der Waals surface area (Å²) in [6.45, 7) is 4.29. The minimum Gasteiger partial charge on any atom is -0.325 e. The number of aromatic nitrogens is 3. The van der Waals surface area contributed by atoms with Crippen LogP contribution in [0.3, 0.4) is 0 Å². The summed E-state index contributed by atoms with van der Waals surface area (Å²) in [7, 11) is 1.91. The molecule has 0 saturated carbocycles. The summed E-state index contributed by atoms with van der Waals surface area (Å²) in [5.74, 6) is 1.46. The molecule has 0 aliphatic carbocycles. The molecule has 0 bridgehead atoms. The van der Waals surface area contributed by atoms with Gasteiger partial charge in [0.15, 0.2) is 11.0 Å². The number of rotatable bonds is 6. The first kappa shape index (κ1) is 19.6. The van der Waals surface area contributed by atoms with Crippen LogP contribution in [0.25, 0.3) is 11.4 Å². The molecule has 7 heteroatoms. The first-order chi connectivity index (χ1) is 12.9. The summed E-state index contributed by atoms with van der Waals surface area (Å²) in [5, 5.41) is 12.1. The third-order valence-electron chi connectivity index (χ3n) is 4.13. The van der Waals surface area contributed by atoms with Gasteiger partial charge in [-0.15, -0.1) is 10.2 Å². The maximum absolute atomic E-state index is 12.2. The van der Waals surface area contributed by atoms with Gasteiger partial charge in [-0.25, -0.2) is 0 Å². The van der Waals surface area contributed by atoms with E-state index in [1.165, 1.54) is 17.3 Å². The highest BCUT2D eigenvalue weighted by molar-refractivity contribution is 9.10. The number of amides is 1. The topological polar surface area (TPSA) is 59.8 Å². The van der Waals surface area contributed by atoms with Crippen LogP contribution >= 0.6 is 27.7 Å². The molecule has 1 heterocycles. The number of nitrogens with zero attached hydrogens (tertiary/aromatic N) is 3. The number of carbonyl (C=O) groups excluding carboxylic acids is 1. The van der Waals surface area contributed by atoms with E-state index in [0.29, 0.717) is 11.1 Å². The fourth-order valence-corrected chi connectivity index (χ4v) is 3.54. The highest BCUT2D eigenvalue weighted by Crippen LogP contribution is 2.24. The summed E-state index contributed by atoms with van der Waals surface area (Å²) in [4.78, 5) is 12.2. The SMILES string of the molecule is CC(C)c1ccc(NC(=O)CSc2nnc(-c3ccc(Br)cc3)n2C)cc1. The molecule has 1 amide bonds. The molecule has 2 aromatic carbocycles. The van der Waals surface area contributed by atoms with E-state index in [-0.39, 0.29) is 11.7 Å². The average Bonchev–Trinajstić information content (AvgIpc) is 3.02. The van der Waals surface area contributed by atoms with Crippen molar-refractivity contribution in [1.29, 1.82) is 0 Å². The largest absolute Gasteiger partial charge is 0.325 e. The third-order valence-corrected chi connectivity index (χ3v) is 5.68. The van der Waals surface area contributed by atoms with E-state index in [9.17, 15) is 4.79 Å². The summed E-state index contributed by atoms with van der Waals surface area (Å²) < 4.78 is 2.92. The van der Waals surface area contributed by atoms with Crippen molar-refractivity contribution >= 4 is 39.3 Å². The van der Waals surface area contributed by atoms with Crippen molar-refractivity contribution in [3.05, 3.63) is 58.6 Å². The number of hydrogen-bond acceptors (Lipinski definition) is 4. The van der Waals surface area contributed by atoms with Crippen molar-refractivity contribution in [2.75, 3.05) is 11.1 Å². The molecule has 0 atom stereocenters. The zero-order valence-corrected chi connectivity index (χ0v) is 17.8.